The Bertz CT molecular complexity index is 973. The molecule has 0 saturated carbocycles. The summed E-state index contributed by atoms with van der Waals surface area (Å²) < 4.78 is 5.91. The molecular formula is C21H20ClN3O2. The van der Waals surface area contributed by atoms with Crippen molar-refractivity contribution >= 4 is 34.2 Å². The number of benzene rings is 2. The molecule has 1 heterocycles. The van der Waals surface area contributed by atoms with Gasteiger partial charge in [-0.2, -0.15) is 5.26 Å². The standard InChI is InChI=1S/C21H20ClN3O2/c1-14(20-11-15-5-3-4-6-19(15)27-20)25(2)10-9-21(26)24-17-8-7-16(13-23)18(22)12-17/h3-8,11-12,14H,9-10H2,1-2H3,(H,24,26). The monoisotopic (exact) mass is 381 g/mol. The molecule has 0 radical (unpaired) electrons. The molecule has 6 heteroatoms. The van der Waals surface area contributed by atoms with Crippen molar-refractivity contribution in [3.63, 3.8) is 0 Å². The van der Waals surface area contributed by atoms with Crippen molar-refractivity contribution < 1.29 is 9.21 Å². The first kappa shape index (κ1) is 19.0. The number of nitriles is 1. The van der Waals surface area contributed by atoms with Gasteiger partial charge in [0.05, 0.1) is 16.6 Å². The summed E-state index contributed by atoms with van der Waals surface area (Å²) in [7, 11) is 1.96. The summed E-state index contributed by atoms with van der Waals surface area (Å²) >= 11 is 5.99. The van der Waals surface area contributed by atoms with Crippen molar-refractivity contribution in [2.45, 2.75) is 19.4 Å². The topological polar surface area (TPSA) is 69.3 Å². The number of amides is 1. The van der Waals surface area contributed by atoms with Crippen molar-refractivity contribution in [3.05, 3.63) is 64.9 Å². The molecule has 1 N–H and O–H groups in total. The molecule has 0 fully saturated rings. The van der Waals surface area contributed by atoms with E-state index >= 15 is 0 Å². The molecule has 27 heavy (non-hydrogen) atoms. The highest BCUT2D eigenvalue weighted by Crippen LogP contribution is 2.26. The number of furan rings is 1. The Morgan fingerprint density at radius 2 is 2.07 bits per heavy atom. The summed E-state index contributed by atoms with van der Waals surface area (Å²) in [6.07, 6.45) is 0.332. The van der Waals surface area contributed by atoms with Crippen molar-refractivity contribution in [1.29, 1.82) is 5.26 Å². The minimum Gasteiger partial charge on any atom is -0.459 e. The van der Waals surface area contributed by atoms with Crippen LogP contribution in [0.5, 0.6) is 0 Å². The summed E-state index contributed by atoms with van der Waals surface area (Å²) in [4.78, 5) is 14.3. The Kier molecular flexibility index (Phi) is 5.80. The van der Waals surface area contributed by atoms with Crippen LogP contribution >= 0.6 is 11.6 Å². The molecule has 5 nitrogen and oxygen atoms in total. The van der Waals surface area contributed by atoms with Gasteiger partial charge in [-0.05, 0) is 44.3 Å². The number of nitrogens with one attached hydrogen (secondary N) is 1. The molecular weight excluding hydrogens is 362 g/mol. The lowest BCUT2D eigenvalue weighted by molar-refractivity contribution is -0.116. The Hall–Kier alpha value is -2.81. The van der Waals surface area contributed by atoms with Crippen LogP contribution in [0.3, 0.4) is 0 Å². The molecule has 3 rings (SSSR count). The number of fused-ring (bicyclic) bond motifs is 1. The van der Waals surface area contributed by atoms with Crippen LogP contribution in [0.15, 0.2) is 52.9 Å². The summed E-state index contributed by atoms with van der Waals surface area (Å²) in [5.41, 5.74) is 1.83. The van der Waals surface area contributed by atoms with Gasteiger partial charge in [0.15, 0.2) is 0 Å². The van der Waals surface area contributed by atoms with E-state index in [-0.39, 0.29) is 11.9 Å². The van der Waals surface area contributed by atoms with E-state index in [9.17, 15) is 4.79 Å². The van der Waals surface area contributed by atoms with Crippen LogP contribution in [0, 0.1) is 11.3 Å². The van der Waals surface area contributed by atoms with E-state index in [2.05, 4.69) is 17.1 Å². The van der Waals surface area contributed by atoms with Gasteiger partial charge in [0.1, 0.15) is 17.4 Å². The number of carbonyl (C=O) groups is 1. The quantitative estimate of drug-likeness (QED) is 0.653. The second kappa shape index (κ2) is 8.26. The fourth-order valence-corrected chi connectivity index (χ4v) is 3.03. The fourth-order valence-electron chi connectivity index (χ4n) is 2.80. The first-order valence-corrected chi connectivity index (χ1v) is 9.04. The predicted octanol–water partition coefficient (Wildman–Crippen LogP) is 4.98. The van der Waals surface area contributed by atoms with Crippen LogP contribution in [0.25, 0.3) is 11.0 Å². The predicted molar refractivity (Wildman–Crippen MR) is 107 cm³/mol. The van der Waals surface area contributed by atoms with Crippen LogP contribution in [-0.4, -0.2) is 24.4 Å². The van der Waals surface area contributed by atoms with Gasteiger partial charge in [-0.1, -0.05) is 29.8 Å². The third-order valence-electron chi connectivity index (χ3n) is 4.58. The molecule has 0 bridgehead atoms. The average Bonchev–Trinajstić information content (AvgIpc) is 3.10. The lowest BCUT2D eigenvalue weighted by Gasteiger charge is -2.22. The second-order valence-electron chi connectivity index (χ2n) is 6.45. The molecule has 3 aromatic rings. The smallest absolute Gasteiger partial charge is 0.225 e. The number of carbonyl (C=O) groups excluding carboxylic acids is 1. The van der Waals surface area contributed by atoms with E-state index < -0.39 is 0 Å². The van der Waals surface area contributed by atoms with Crippen LogP contribution in [0.4, 0.5) is 5.69 Å². The molecule has 0 saturated heterocycles. The second-order valence-corrected chi connectivity index (χ2v) is 6.85. The minimum absolute atomic E-state index is 0.0505. The van der Waals surface area contributed by atoms with E-state index in [0.29, 0.717) is 29.2 Å². The zero-order chi connectivity index (χ0) is 19.4. The van der Waals surface area contributed by atoms with Crippen molar-refractivity contribution in [1.82, 2.24) is 4.90 Å². The molecule has 1 atom stereocenters. The van der Waals surface area contributed by atoms with Crippen LogP contribution in [0.2, 0.25) is 5.02 Å². The van der Waals surface area contributed by atoms with E-state index in [1.807, 2.05) is 43.4 Å². The highest BCUT2D eigenvalue weighted by Gasteiger charge is 2.17. The Balaban J connectivity index is 1.56. The maximum Gasteiger partial charge on any atom is 0.225 e. The zero-order valence-corrected chi connectivity index (χ0v) is 16.0. The van der Waals surface area contributed by atoms with Gasteiger partial charge in [-0.3, -0.25) is 9.69 Å². The number of halogens is 1. The minimum atomic E-state index is -0.112. The molecule has 2 aromatic carbocycles. The van der Waals surface area contributed by atoms with E-state index in [1.54, 1.807) is 18.2 Å². The number of anilines is 1. The summed E-state index contributed by atoms with van der Waals surface area (Å²) in [5, 5.41) is 13.1. The Morgan fingerprint density at radius 3 is 2.78 bits per heavy atom. The third-order valence-corrected chi connectivity index (χ3v) is 4.90. The Labute approximate surface area is 163 Å². The van der Waals surface area contributed by atoms with E-state index in [4.69, 9.17) is 21.3 Å². The van der Waals surface area contributed by atoms with Crippen LogP contribution < -0.4 is 5.32 Å². The fraction of sp³-hybridized carbons (Fsp3) is 0.238. The van der Waals surface area contributed by atoms with Gasteiger partial charge >= 0.3 is 0 Å². The number of para-hydroxylation sites is 1. The van der Waals surface area contributed by atoms with Crippen molar-refractivity contribution in [3.8, 4) is 6.07 Å². The molecule has 0 aliphatic heterocycles. The van der Waals surface area contributed by atoms with Gasteiger partial charge in [-0.15, -0.1) is 0 Å². The van der Waals surface area contributed by atoms with Gasteiger partial charge in [0, 0.05) is 24.0 Å². The number of hydrogen-bond donors (Lipinski definition) is 1. The maximum atomic E-state index is 12.2. The maximum absolute atomic E-state index is 12.2. The summed E-state index contributed by atoms with van der Waals surface area (Å²) in [6.45, 7) is 2.63. The lowest BCUT2D eigenvalue weighted by atomic mass is 10.2. The van der Waals surface area contributed by atoms with Gasteiger partial charge in [0.2, 0.25) is 5.91 Å². The largest absolute Gasteiger partial charge is 0.459 e. The first-order valence-electron chi connectivity index (χ1n) is 8.66. The average molecular weight is 382 g/mol. The molecule has 1 aromatic heterocycles. The van der Waals surface area contributed by atoms with Crippen LogP contribution in [0.1, 0.15) is 30.7 Å². The molecule has 1 amide bonds. The van der Waals surface area contributed by atoms with Crippen molar-refractivity contribution in [2.24, 2.45) is 0 Å². The van der Waals surface area contributed by atoms with Gasteiger partial charge < -0.3 is 9.73 Å². The van der Waals surface area contributed by atoms with Crippen LogP contribution in [-0.2, 0) is 4.79 Å². The highest BCUT2D eigenvalue weighted by atomic mass is 35.5. The number of rotatable bonds is 6. The number of nitrogens with zero attached hydrogens (tertiary/aromatic N) is 2. The summed E-state index contributed by atoms with van der Waals surface area (Å²) in [6, 6.07) is 16.8. The van der Waals surface area contributed by atoms with Gasteiger partial charge in [-0.25, -0.2) is 0 Å². The zero-order valence-electron chi connectivity index (χ0n) is 15.2. The lowest BCUT2D eigenvalue weighted by Crippen LogP contribution is -2.26. The van der Waals surface area contributed by atoms with Gasteiger partial charge in [0.25, 0.3) is 0 Å². The molecule has 1 unspecified atom stereocenters. The van der Waals surface area contributed by atoms with Crippen molar-refractivity contribution in [2.75, 3.05) is 18.9 Å². The normalized spacial score (nSPS) is 12.1. The molecule has 138 valence electrons. The molecule has 0 aliphatic carbocycles. The SMILES string of the molecule is CC(c1cc2ccccc2o1)N(C)CCC(=O)Nc1ccc(C#N)c(Cl)c1. The summed E-state index contributed by atoms with van der Waals surface area (Å²) in [5.74, 6) is 0.761. The first-order chi connectivity index (χ1) is 13.0. The molecule has 0 aliphatic rings. The third kappa shape index (κ3) is 4.48. The van der Waals surface area contributed by atoms with E-state index in [1.165, 1.54) is 0 Å². The molecule has 0 spiro atoms. The number of hydrogen-bond acceptors (Lipinski definition) is 4. The van der Waals surface area contributed by atoms with E-state index in [0.717, 1.165) is 16.7 Å². The Morgan fingerprint density at radius 1 is 1.30 bits per heavy atom. The highest BCUT2D eigenvalue weighted by molar-refractivity contribution is 6.32.